The number of fused-ring (bicyclic) bond motifs is 3. The first kappa shape index (κ1) is 27.4. The molecule has 0 spiro atoms. The summed E-state index contributed by atoms with van der Waals surface area (Å²) in [6.45, 7) is 0.0803. The van der Waals surface area contributed by atoms with Crippen molar-refractivity contribution in [3.8, 4) is 16.9 Å². The van der Waals surface area contributed by atoms with E-state index in [4.69, 9.17) is 14.2 Å². The number of carbonyl (C=O) groups is 2. The summed E-state index contributed by atoms with van der Waals surface area (Å²) in [6.07, 6.45) is -0.705. The number of nitro groups is 1. The minimum absolute atomic E-state index is 0.00798. The number of carbonyl (C=O) groups excluding carboxylic acids is 2. The highest BCUT2D eigenvalue weighted by Crippen LogP contribution is 2.44. The molecule has 0 bridgehead atoms. The van der Waals surface area contributed by atoms with Crippen LogP contribution in [-0.2, 0) is 27.3 Å². The Hall–Kier alpha value is -5.18. The van der Waals surface area contributed by atoms with Crippen LogP contribution in [0.1, 0.15) is 28.2 Å². The largest absolute Gasteiger partial charge is 0.497 e. The number of methoxy groups -OCH3 is 1. The van der Waals surface area contributed by atoms with Gasteiger partial charge in [-0.25, -0.2) is 9.59 Å². The van der Waals surface area contributed by atoms with E-state index in [-0.39, 0.29) is 31.2 Å². The van der Waals surface area contributed by atoms with Gasteiger partial charge in [0.15, 0.2) is 0 Å². The van der Waals surface area contributed by atoms with Crippen molar-refractivity contribution in [2.45, 2.75) is 25.0 Å². The number of benzene rings is 4. The van der Waals surface area contributed by atoms with Gasteiger partial charge < -0.3 is 19.5 Å². The summed E-state index contributed by atoms with van der Waals surface area (Å²) in [4.78, 5) is 36.6. The number of esters is 1. The number of ether oxygens (including phenoxy) is 3. The average Bonchev–Trinajstić information content (AvgIpc) is 3.32. The van der Waals surface area contributed by atoms with Crippen LogP contribution in [0.5, 0.6) is 5.75 Å². The van der Waals surface area contributed by atoms with Gasteiger partial charge in [0.2, 0.25) is 0 Å². The SMILES string of the molecule is COc1ccc(COC(=O)[C@H](Cc2ccc([N+](=O)[O-])cc2)NC(=O)OCC2c3ccccc3-c3ccccc32)cc1. The van der Waals surface area contributed by atoms with E-state index < -0.39 is 23.0 Å². The Bertz CT molecular complexity index is 1510. The van der Waals surface area contributed by atoms with Crippen LogP contribution < -0.4 is 10.1 Å². The van der Waals surface area contributed by atoms with Crippen molar-refractivity contribution in [3.63, 3.8) is 0 Å². The maximum absolute atomic E-state index is 13.1. The summed E-state index contributed by atoms with van der Waals surface area (Å²) in [6, 6.07) is 27.8. The third-order valence-electron chi connectivity index (χ3n) is 7.05. The first-order valence-electron chi connectivity index (χ1n) is 13.1. The van der Waals surface area contributed by atoms with E-state index in [1.807, 2.05) is 48.5 Å². The Morgan fingerprint density at radius 2 is 1.41 bits per heavy atom. The van der Waals surface area contributed by atoms with Gasteiger partial charge in [-0.15, -0.1) is 0 Å². The second kappa shape index (κ2) is 12.3. The molecular weight excluding hydrogens is 524 g/mol. The molecule has 1 aliphatic carbocycles. The number of non-ortho nitro benzene ring substituents is 1. The molecule has 0 saturated carbocycles. The van der Waals surface area contributed by atoms with Gasteiger partial charge in [-0.1, -0.05) is 72.8 Å². The molecule has 0 aliphatic heterocycles. The molecule has 1 aliphatic rings. The third kappa shape index (κ3) is 6.36. The quantitative estimate of drug-likeness (QED) is 0.150. The number of nitrogens with zero attached hydrogens (tertiary/aromatic N) is 1. The van der Waals surface area contributed by atoms with Gasteiger partial charge >= 0.3 is 12.1 Å². The smallest absolute Gasteiger partial charge is 0.407 e. The van der Waals surface area contributed by atoms with E-state index in [9.17, 15) is 19.7 Å². The van der Waals surface area contributed by atoms with Crippen LogP contribution >= 0.6 is 0 Å². The van der Waals surface area contributed by atoms with E-state index in [0.717, 1.165) is 27.8 Å². The van der Waals surface area contributed by atoms with Crippen molar-refractivity contribution < 1.29 is 28.7 Å². The van der Waals surface area contributed by atoms with Crippen molar-refractivity contribution in [3.05, 3.63) is 129 Å². The number of hydrogen-bond donors (Lipinski definition) is 1. The normalized spacial score (nSPS) is 12.5. The van der Waals surface area contributed by atoms with Gasteiger partial charge in [0.05, 0.1) is 12.0 Å². The Labute approximate surface area is 236 Å². The summed E-state index contributed by atoms with van der Waals surface area (Å²) in [5.41, 5.74) is 5.64. The Kier molecular flexibility index (Phi) is 8.24. The van der Waals surface area contributed by atoms with Gasteiger partial charge in [0.25, 0.3) is 5.69 Å². The minimum atomic E-state index is -1.08. The molecule has 1 N–H and O–H groups in total. The van der Waals surface area contributed by atoms with Crippen molar-refractivity contribution in [2.24, 2.45) is 0 Å². The number of amides is 1. The van der Waals surface area contributed by atoms with Crippen molar-refractivity contribution in [1.29, 1.82) is 0 Å². The molecule has 9 heteroatoms. The summed E-state index contributed by atoms with van der Waals surface area (Å²) in [7, 11) is 1.56. The van der Waals surface area contributed by atoms with Gasteiger partial charge in [-0.05, 0) is 45.5 Å². The summed E-state index contributed by atoms with van der Waals surface area (Å²) in [5.74, 6) is -0.121. The van der Waals surface area contributed by atoms with E-state index in [1.54, 1.807) is 43.5 Å². The first-order valence-corrected chi connectivity index (χ1v) is 13.1. The van der Waals surface area contributed by atoms with Crippen molar-refractivity contribution >= 4 is 17.7 Å². The van der Waals surface area contributed by atoms with Gasteiger partial charge in [0.1, 0.15) is 25.0 Å². The highest BCUT2D eigenvalue weighted by atomic mass is 16.6. The molecule has 0 heterocycles. The minimum Gasteiger partial charge on any atom is -0.497 e. The molecule has 0 fully saturated rings. The predicted octanol–water partition coefficient (Wildman–Crippen LogP) is 5.80. The fourth-order valence-electron chi connectivity index (χ4n) is 4.94. The zero-order valence-corrected chi connectivity index (χ0v) is 22.3. The standard InChI is InChI=1S/C32H28N2O7/c1-39-24-16-12-22(13-17-24)19-40-31(35)30(18-21-10-14-23(15-11-21)34(37)38)33-32(36)41-20-29-27-8-4-2-6-25(27)26-7-3-5-9-28(26)29/h2-17,29-30H,18-20H2,1H3,(H,33,36)/t30-/m0/s1. The second-order valence-electron chi connectivity index (χ2n) is 9.61. The maximum Gasteiger partial charge on any atom is 0.407 e. The summed E-state index contributed by atoms with van der Waals surface area (Å²) < 4.78 is 16.3. The predicted molar refractivity (Wildman–Crippen MR) is 152 cm³/mol. The Morgan fingerprint density at radius 1 is 0.829 bits per heavy atom. The van der Waals surface area contributed by atoms with Crippen LogP contribution in [0.2, 0.25) is 0 Å². The van der Waals surface area contributed by atoms with E-state index in [2.05, 4.69) is 5.32 Å². The van der Waals surface area contributed by atoms with Crippen LogP contribution in [-0.4, -0.2) is 36.7 Å². The summed E-state index contributed by atoms with van der Waals surface area (Å²) in [5, 5.41) is 13.7. The van der Waals surface area contributed by atoms with Gasteiger partial charge in [0, 0.05) is 24.5 Å². The molecule has 5 rings (SSSR count). The number of nitrogens with one attached hydrogen (secondary N) is 1. The lowest BCUT2D eigenvalue weighted by Crippen LogP contribution is -2.43. The number of alkyl carbamates (subject to hydrolysis) is 1. The number of rotatable bonds is 10. The molecule has 1 atom stereocenters. The highest BCUT2D eigenvalue weighted by Gasteiger charge is 2.30. The molecule has 9 nitrogen and oxygen atoms in total. The Balaban J connectivity index is 1.27. The average molecular weight is 553 g/mol. The van der Waals surface area contributed by atoms with E-state index in [0.29, 0.717) is 11.3 Å². The van der Waals surface area contributed by atoms with Gasteiger partial charge in [-0.3, -0.25) is 10.1 Å². The molecule has 4 aromatic rings. The molecule has 0 saturated heterocycles. The molecule has 0 unspecified atom stereocenters. The summed E-state index contributed by atoms with van der Waals surface area (Å²) >= 11 is 0. The van der Waals surface area contributed by atoms with E-state index >= 15 is 0 Å². The van der Waals surface area contributed by atoms with Crippen LogP contribution in [0.25, 0.3) is 11.1 Å². The lowest BCUT2D eigenvalue weighted by atomic mass is 9.98. The molecule has 4 aromatic carbocycles. The van der Waals surface area contributed by atoms with Crippen LogP contribution in [0, 0.1) is 10.1 Å². The zero-order chi connectivity index (χ0) is 28.8. The topological polar surface area (TPSA) is 117 Å². The first-order chi connectivity index (χ1) is 19.9. The van der Waals surface area contributed by atoms with Gasteiger partial charge in [-0.2, -0.15) is 0 Å². The lowest BCUT2D eigenvalue weighted by Gasteiger charge is -2.19. The maximum atomic E-state index is 13.1. The highest BCUT2D eigenvalue weighted by molar-refractivity contribution is 5.82. The Morgan fingerprint density at radius 3 is 2.00 bits per heavy atom. The third-order valence-corrected chi connectivity index (χ3v) is 7.05. The zero-order valence-electron chi connectivity index (χ0n) is 22.3. The lowest BCUT2D eigenvalue weighted by molar-refractivity contribution is -0.384. The molecule has 0 aromatic heterocycles. The van der Waals surface area contributed by atoms with Crippen molar-refractivity contribution in [2.75, 3.05) is 13.7 Å². The number of nitro benzene ring substituents is 1. The second-order valence-corrected chi connectivity index (χ2v) is 9.61. The number of hydrogen-bond acceptors (Lipinski definition) is 7. The van der Waals surface area contributed by atoms with Crippen LogP contribution in [0.4, 0.5) is 10.5 Å². The van der Waals surface area contributed by atoms with Crippen LogP contribution in [0.15, 0.2) is 97.1 Å². The molecule has 41 heavy (non-hydrogen) atoms. The monoisotopic (exact) mass is 552 g/mol. The molecular formula is C32H28N2O7. The van der Waals surface area contributed by atoms with Crippen LogP contribution in [0.3, 0.4) is 0 Å². The van der Waals surface area contributed by atoms with E-state index in [1.165, 1.54) is 12.1 Å². The molecule has 208 valence electrons. The molecule has 1 amide bonds. The fraction of sp³-hybridized carbons (Fsp3) is 0.188. The van der Waals surface area contributed by atoms with Crippen molar-refractivity contribution in [1.82, 2.24) is 5.32 Å². The molecule has 0 radical (unpaired) electrons. The fourth-order valence-corrected chi connectivity index (χ4v) is 4.94.